The summed E-state index contributed by atoms with van der Waals surface area (Å²) < 4.78 is 10.8. The molecule has 1 fully saturated rings. The maximum absolute atomic E-state index is 5.44. The summed E-state index contributed by atoms with van der Waals surface area (Å²) in [6, 6.07) is 5.89. The van der Waals surface area contributed by atoms with Gasteiger partial charge in [0.05, 0.1) is 0 Å². The number of rotatable bonds is 2. The maximum Gasteiger partial charge on any atom is 0.231 e. The summed E-state index contributed by atoms with van der Waals surface area (Å²) in [5.74, 6) is 3.11. The van der Waals surface area contributed by atoms with Gasteiger partial charge in [-0.3, -0.25) is 0 Å². The minimum absolute atomic E-state index is 0.294. The van der Waals surface area contributed by atoms with Crippen LogP contribution in [0.3, 0.4) is 0 Å². The van der Waals surface area contributed by atoms with Crippen LogP contribution < -0.4 is 14.8 Å². The van der Waals surface area contributed by atoms with Crippen molar-refractivity contribution in [1.82, 2.24) is 9.97 Å². The molecule has 0 amide bonds. The van der Waals surface area contributed by atoms with E-state index in [2.05, 4.69) is 15.3 Å². The molecule has 1 aromatic carbocycles. The Labute approximate surface area is 132 Å². The fraction of sp³-hybridized carbons (Fsp3) is 0.375. The summed E-state index contributed by atoms with van der Waals surface area (Å²) in [6.45, 7) is 0.294. The van der Waals surface area contributed by atoms with Crippen LogP contribution in [0.1, 0.15) is 30.7 Å². The van der Waals surface area contributed by atoms with E-state index in [0.717, 1.165) is 28.0 Å². The second-order valence-corrected chi connectivity index (χ2v) is 7.06. The molecule has 112 valence electrons. The monoisotopic (exact) mass is 313 g/mol. The first kappa shape index (κ1) is 12.6. The summed E-state index contributed by atoms with van der Waals surface area (Å²) in [5.41, 5.74) is 2.27. The van der Waals surface area contributed by atoms with E-state index in [0.29, 0.717) is 18.0 Å². The normalized spacial score (nSPS) is 24.2. The molecule has 5 rings (SSSR count). The highest BCUT2D eigenvalue weighted by Gasteiger charge is 2.40. The molecule has 2 atom stereocenters. The quantitative estimate of drug-likeness (QED) is 0.853. The van der Waals surface area contributed by atoms with Crippen molar-refractivity contribution < 1.29 is 9.47 Å². The largest absolute Gasteiger partial charge is 0.454 e. The average Bonchev–Trinajstić information content (AvgIpc) is 3.21. The highest BCUT2D eigenvalue weighted by molar-refractivity contribution is 8.00. The Hall–Kier alpha value is -1.95. The predicted octanol–water partition coefficient (Wildman–Crippen LogP) is 3.69. The first-order chi connectivity index (χ1) is 10.9. The molecule has 0 radical (unpaired) electrons. The minimum Gasteiger partial charge on any atom is -0.454 e. The molecule has 0 saturated heterocycles. The van der Waals surface area contributed by atoms with Crippen molar-refractivity contribution in [2.24, 2.45) is 0 Å². The number of hydrogen-bond acceptors (Lipinski definition) is 6. The molecule has 3 aliphatic rings. The molecule has 2 unspecified atom stereocenters. The van der Waals surface area contributed by atoms with E-state index in [1.54, 1.807) is 6.33 Å². The van der Waals surface area contributed by atoms with Gasteiger partial charge in [0.15, 0.2) is 11.5 Å². The molecule has 0 bridgehead atoms. The van der Waals surface area contributed by atoms with E-state index in [4.69, 9.17) is 9.47 Å². The summed E-state index contributed by atoms with van der Waals surface area (Å²) in [6.07, 6.45) is 5.49. The zero-order valence-corrected chi connectivity index (χ0v) is 12.7. The number of hydrogen-bond donors (Lipinski definition) is 1. The Kier molecular flexibility index (Phi) is 2.73. The van der Waals surface area contributed by atoms with Crippen molar-refractivity contribution in [3.63, 3.8) is 0 Å². The van der Waals surface area contributed by atoms with Gasteiger partial charge in [0, 0.05) is 28.5 Å². The van der Waals surface area contributed by atoms with Gasteiger partial charge < -0.3 is 14.8 Å². The molecule has 5 nitrogen and oxygen atoms in total. The van der Waals surface area contributed by atoms with Crippen molar-refractivity contribution >= 4 is 23.3 Å². The lowest BCUT2D eigenvalue weighted by Crippen LogP contribution is -2.05. The van der Waals surface area contributed by atoms with Crippen LogP contribution in [-0.4, -0.2) is 22.0 Å². The van der Waals surface area contributed by atoms with E-state index < -0.39 is 0 Å². The summed E-state index contributed by atoms with van der Waals surface area (Å²) >= 11 is 1.92. The van der Waals surface area contributed by atoms with Gasteiger partial charge in [-0.2, -0.15) is 0 Å². The van der Waals surface area contributed by atoms with Crippen molar-refractivity contribution in [2.45, 2.75) is 35.5 Å². The molecule has 1 N–H and O–H groups in total. The highest BCUT2D eigenvalue weighted by Crippen LogP contribution is 2.54. The number of nitrogens with one attached hydrogen (secondary N) is 1. The lowest BCUT2D eigenvalue weighted by Gasteiger charge is -2.14. The molecule has 2 aliphatic heterocycles. The van der Waals surface area contributed by atoms with Gasteiger partial charge in [0.1, 0.15) is 17.2 Å². The lowest BCUT2D eigenvalue weighted by atomic mass is 9.99. The van der Waals surface area contributed by atoms with Crippen LogP contribution in [0.4, 0.5) is 11.5 Å². The second-order valence-electron chi connectivity index (χ2n) is 5.83. The summed E-state index contributed by atoms with van der Waals surface area (Å²) in [5, 5.41) is 5.28. The second kappa shape index (κ2) is 4.78. The number of fused-ring (bicyclic) bond motifs is 4. The van der Waals surface area contributed by atoms with Gasteiger partial charge in [-0.25, -0.2) is 9.97 Å². The van der Waals surface area contributed by atoms with Crippen LogP contribution >= 0.6 is 11.8 Å². The van der Waals surface area contributed by atoms with Crippen LogP contribution in [0, 0.1) is 0 Å². The Morgan fingerprint density at radius 2 is 2.09 bits per heavy atom. The summed E-state index contributed by atoms with van der Waals surface area (Å²) in [7, 11) is 0. The zero-order valence-electron chi connectivity index (χ0n) is 11.9. The van der Waals surface area contributed by atoms with Crippen LogP contribution in [0.5, 0.6) is 11.5 Å². The van der Waals surface area contributed by atoms with Gasteiger partial charge in [-0.1, -0.05) is 6.42 Å². The standard InChI is InChI=1S/C16H15N3O2S/c1-2-10-13(3-1)22-16-14(10)15(17-7-18-16)19-9-4-5-11-12(6-9)21-8-20-11/h4-7,10,13H,1-3,8H2,(H,17,18,19). The molecule has 2 aromatic rings. The van der Waals surface area contributed by atoms with Crippen LogP contribution in [0.25, 0.3) is 0 Å². The van der Waals surface area contributed by atoms with Crippen molar-refractivity contribution in [3.05, 3.63) is 30.1 Å². The first-order valence-electron chi connectivity index (χ1n) is 7.57. The van der Waals surface area contributed by atoms with Crippen LogP contribution in [0.15, 0.2) is 29.6 Å². The van der Waals surface area contributed by atoms with Crippen LogP contribution in [-0.2, 0) is 0 Å². The smallest absolute Gasteiger partial charge is 0.231 e. The molecule has 22 heavy (non-hydrogen) atoms. The molecule has 6 heteroatoms. The summed E-state index contributed by atoms with van der Waals surface area (Å²) in [4.78, 5) is 8.96. The Bertz CT molecular complexity index is 752. The number of thioether (sulfide) groups is 1. The predicted molar refractivity (Wildman–Crippen MR) is 84.1 cm³/mol. The molecular weight excluding hydrogens is 298 g/mol. The minimum atomic E-state index is 0.294. The molecule has 0 spiro atoms. The van der Waals surface area contributed by atoms with Crippen LogP contribution in [0.2, 0.25) is 0 Å². The molecular formula is C16H15N3O2S. The van der Waals surface area contributed by atoms with Gasteiger partial charge in [0.25, 0.3) is 0 Å². The van der Waals surface area contributed by atoms with Crippen molar-refractivity contribution in [2.75, 3.05) is 12.1 Å². The van der Waals surface area contributed by atoms with E-state index in [9.17, 15) is 0 Å². The highest BCUT2D eigenvalue weighted by atomic mass is 32.2. The third kappa shape index (κ3) is 1.86. The third-order valence-corrected chi connectivity index (χ3v) is 5.98. The number of aromatic nitrogens is 2. The third-order valence-electron chi connectivity index (χ3n) is 4.57. The average molecular weight is 313 g/mol. The lowest BCUT2D eigenvalue weighted by molar-refractivity contribution is 0.174. The van der Waals surface area contributed by atoms with Gasteiger partial charge in [-0.05, 0) is 25.0 Å². The fourth-order valence-corrected chi connectivity index (χ4v) is 5.05. The molecule has 1 aromatic heterocycles. The molecule has 1 saturated carbocycles. The fourth-order valence-electron chi connectivity index (χ4n) is 3.56. The first-order valence-corrected chi connectivity index (χ1v) is 8.45. The van der Waals surface area contributed by atoms with Crippen molar-refractivity contribution in [3.8, 4) is 11.5 Å². The number of anilines is 2. The Morgan fingerprint density at radius 1 is 1.14 bits per heavy atom. The Morgan fingerprint density at radius 3 is 3.09 bits per heavy atom. The SMILES string of the molecule is c1nc(Nc2ccc3c(c2)OCO3)c2c(n1)SC1CCCC21. The van der Waals surface area contributed by atoms with E-state index in [-0.39, 0.29) is 0 Å². The zero-order chi connectivity index (χ0) is 14.5. The Balaban J connectivity index is 1.51. The number of nitrogens with zero attached hydrogens (tertiary/aromatic N) is 2. The topological polar surface area (TPSA) is 56.3 Å². The van der Waals surface area contributed by atoms with Gasteiger partial charge >= 0.3 is 0 Å². The molecule has 1 aliphatic carbocycles. The molecule has 3 heterocycles. The van der Waals surface area contributed by atoms with E-state index >= 15 is 0 Å². The van der Waals surface area contributed by atoms with Gasteiger partial charge in [0.2, 0.25) is 6.79 Å². The van der Waals surface area contributed by atoms with E-state index in [1.807, 2.05) is 30.0 Å². The van der Waals surface area contributed by atoms with E-state index in [1.165, 1.54) is 24.8 Å². The number of ether oxygens (including phenoxy) is 2. The number of benzene rings is 1. The van der Waals surface area contributed by atoms with Crippen molar-refractivity contribution in [1.29, 1.82) is 0 Å². The van der Waals surface area contributed by atoms with Gasteiger partial charge in [-0.15, -0.1) is 11.8 Å². The maximum atomic E-state index is 5.44.